The molecule has 5 heteroatoms. The Balaban J connectivity index is 1.96. The number of hydrogen-bond acceptors (Lipinski definition) is 3. The zero-order valence-electron chi connectivity index (χ0n) is 10.1. The van der Waals surface area contributed by atoms with Crippen molar-refractivity contribution in [2.75, 3.05) is 11.1 Å². The van der Waals surface area contributed by atoms with Gasteiger partial charge in [-0.05, 0) is 31.0 Å². The second-order valence-electron chi connectivity index (χ2n) is 4.49. The average molecular weight is 244 g/mol. The van der Waals surface area contributed by atoms with Gasteiger partial charge in [0.2, 0.25) is 0 Å². The van der Waals surface area contributed by atoms with Crippen molar-refractivity contribution in [2.24, 2.45) is 0 Å². The Kier molecular flexibility index (Phi) is 3.68. The quantitative estimate of drug-likeness (QED) is 0.696. The zero-order valence-corrected chi connectivity index (χ0v) is 10.1. The van der Waals surface area contributed by atoms with Crippen molar-refractivity contribution in [3.8, 4) is 6.07 Å². The highest BCUT2D eigenvalue weighted by Crippen LogP contribution is 2.20. The molecule has 0 atom stereocenters. The van der Waals surface area contributed by atoms with Gasteiger partial charge in [-0.15, -0.1) is 0 Å². The number of nitrogens with zero attached hydrogens (tertiary/aromatic N) is 1. The summed E-state index contributed by atoms with van der Waals surface area (Å²) in [4.78, 5) is 11.7. The van der Waals surface area contributed by atoms with Crippen LogP contribution in [0.4, 0.5) is 16.2 Å². The molecule has 1 fully saturated rings. The summed E-state index contributed by atoms with van der Waals surface area (Å²) in [6, 6.07) is 6.84. The number of rotatable bonds is 2. The number of nitrogens with one attached hydrogen (secondary N) is 2. The summed E-state index contributed by atoms with van der Waals surface area (Å²) in [6.07, 6.45) is 4.42. The van der Waals surface area contributed by atoms with Crippen molar-refractivity contribution >= 4 is 17.4 Å². The molecule has 1 aliphatic carbocycles. The van der Waals surface area contributed by atoms with E-state index in [4.69, 9.17) is 11.0 Å². The van der Waals surface area contributed by atoms with Gasteiger partial charge in [0, 0.05) is 6.04 Å². The van der Waals surface area contributed by atoms with Crippen molar-refractivity contribution in [1.29, 1.82) is 5.26 Å². The Morgan fingerprint density at radius 3 is 2.72 bits per heavy atom. The van der Waals surface area contributed by atoms with Crippen molar-refractivity contribution in [3.05, 3.63) is 23.8 Å². The summed E-state index contributed by atoms with van der Waals surface area (Å²) in [6.45, 7) is 0. The molecule has 1 aliphatic rings. The predicted octanol–water partition coefficient (Wildman–Crippen LogP) is 2.20. The molecule has 5 nitrogen and oxygen atoms in total. The Morgan fingerprint density at radius 1 is 1.39 bits per heavy atom. The van der Waals surface area contributed by atoms with Crippen LogP contribution >= 0.6 is 0 Å². The first-order valence-electron chi connectivity index (χ1n) is 6.06. The standard InChI is InChI=1S/C13H16N4O/c14-8-9-5-6-12(11(15)7-9)17-13(18)16-10-3-1-2-4-10/h5-7,10H,1-4,15H2,(H2,16,17,18). The number of anilines is 2. The molecule has 1 aromatic rings. The largest absolute Gasteiger partial charge is 0.397 e. The summed E-state index contributed by atoms with van der Waals surface area (Å²) >= 11 is 0. The van der Waals surface area contributed by atoms with Gasteiger partial charge in [0.15, 0.2) is 0 Å². The molecule has 0 spiro atoms. The summed E-state index contributed by atoms with van der Waals surface area (Å²) in [5.74, 6) is 0. The fraction of sp³-hybridized carbons (Fsp3) is 0.385. The Labute approximate surface area is 106 Å². The van der Waals surface area contributed by atoms with Crippen LogP contribution in [0.25, 0.3) is 0 Å². The van der Waals surface area contributed by atoms with Gasteiger partial charge < -0.3 is 16.4 Å². The van der Waals surface area contributed by atoms with Crippen LogP contribution in [0.1, 0.15) is 31.2 Å². The van der Waals surface area contributed by atoms with E-state index >= 15 is 0 Å². The minimum absolute atomic E-state index is 0.238. The van der Waals surface area contributed by atoms with Crippen molar-refractivity contribution < 1.29 is 4.79 Å². The van der Waals surface area contributed by atoms with E-state index in [0.717, 1.165) is 12.8 Å². The third kappa shape index (κ3) is 2.92. The minimum Gasteiger partial charge on any atom is -0.397 e. The van der Waals surface area contributed by atoms with Gasteiger partial charge in [-0.2, -0.15) is 5.26 Å². The number of nitrogens with two attached hydrogens (primary N) is 1. The number of amides is 2. The fourth-order valence-corrected chi connectivity index (χ4v) is 2.16. The summed E-state index contributed by atoms with van der Waals surface area (Å²) in [5.41, 5.74) is 7.17. The van der Waals surface area contributed by atoms with E-state index in [1.807, 2.05) is 6.07 Å². The maximum absolute atomic E-state index is 11.7. The van der Waals surface area contributed by atoms with Gasteiger partial charge in [-0.1, -0.05) is 12.8 Å². The van der Waals surface area contributed by atoms with Crippen LogP contribution in [0.2, 0.25) is 0 Å². The van der Waals surface area contributed by atoms with Crippen LogP contribution in [0, 0.1) is 11.3 Å². The first-order valence-corrected chi connectivity index (χ1v) is 6.06. The van der Waals surface area contributed by atoms with Crippen LogP contribution in [-0.2, 0) is 0 Å². The molecule has 18 heavy (non-hydrogen) atoms. The van der Waals surface area contributed by atoms with Gasteiger partial charge in [-0.3, -0.25) is 0 Å². The number of nitriles is 1. The topological polar surface area (TPSA) is 90.9 Å². The molecule has 1 aromatic carbocycles. The number of hydrogen-bond donors (Lipinski definition) is 3. The molecule has 0 aromatic heterocycles. The number of carbonyl (C=O) groups excluding carboxylic acids is 1. The SMILES string of the molecule is N#Cc1ccc(NC(=O)NC2CCCC2)c(N)c1. The summed E-state index contributed by atoms with van der Waals surface area (Å²) in [5, 5.41) is 14.3. The Hall–Kier alpha value is -2.22. The third-order valence-electron chi connectivity index (χ3n) is 3.12. The zero-order chi connectivity index (χ0) is 13.0. The number of benzene rings is 1. The molecule has 2 rings (SSSR count). The molecular weight excluding hydrogens is 228 g/mol. The summed E-state index contributed by atoms with van der Waals surface area (Å²) in [7, 11) is 0. The van der Waals surface area contributed by atoms with E-state index in [9.17, 15) is 4.79 Å². The lowest BCUT2D eigenvalue weighted by Crippen LogP contribution is -2.36. The fourth-order valence-electron chi connectivity index (χ4n) is 2.16. The molecule has 2 amide bonds. The maximum atomic E-state index is 11.7. The minimum atomic E-state index is -0.238. The van der Waals surface area contributed by atoms with E-state index in [0.29, 0.717) is 16.9 Å². The van der Waals surface area contributed by atoms with E-state index < -0.39 is 0 Å². The molecule has 0 heterocycles. The lowest BCUT2D eigenvalue weighted by atomic mass is 10.2. The molecule has 0 bridgehead atoms. The van der Waals surface area contributed by atoms with Gasteiger partial charge in [0.25, 0.3) is 0 Å². The first-order chi connectivity index (χ1) is 8.69. The molecule has 1 saturated carbocycles. The van der Waals surface area contributed by atoms with E-state index in [2.05, 4.69) is 10.6 Å². The third-order valence-corrected chi connectivity index (χ3v) is 3.12. The smallest absolute Gasteiger partial charge is 0.319 e. The first kappa shape index (κ1) is 12.2. The molecular formula is C13H16N4O. The molecule has 4 N–H and O–H groups in total. The van der Waals surface area contributed by atoms with Crippen molar-refractivity contribution in [1.82, 2.24) is 5.32 Å². The van der Waals surface area contributed by atoms with Crippen LogP contribution in [0.5, 0.6) is 0 Å². The molecule has 0 aliphatic heterocycles. The van der Waals surface area contributed by atoms with Crippen LogP contribution in [-0.4, -0.2) is 12.1 Å². The Morgan fingerprint density at radius 2 is 2.11 bits per heavy atom. The maximum Gasteiger partial charge on any atom is 0.319 e. The number of carbonyl (C=O) groups is 1. The summed E-state index contributed by atoms with van der Waals surface area (Å²) < 4.78 is 0. The van der Waals surface area contributed by atoms with Crippen LogP contribution in [0.3, 0.4) is 0 Å². The van der Waals surface area contributed by atoms with E-state index in [-0.39, 0.29) is 12.1 Å². The lowest BCUT2D eigenvalue weighted by molar-refractivity contribution is 0.248. The molecule has 0 unspecified atom stereocenters. The van der Waals surface area contributed by atoms with Crippen molar-refractivity contribution in [3.63, 3.8) is 0 Å². The van der Waals surface area contributed by atoms with Crippen LogP contribution < -0.4 is 16.4 Å². The second-order valence-corrected chi connectivity index (χ2v) is 4.49. The van der Waals surface area contributed by atoms with Crippen molar-refractivity contribution in [2.45, 2.75) is 31.7 Å². The second kappa shape index (κ2) is 5.41. The highest BCUT2D eigenvalue weighted by molar-refractivity contribution is 5.92. The van der Waals surface area contributed by atoms with E-state index in [1.54, 1.807) is 18.2 Å². The number of nitrogen functional groups attached to an aromatic ring is 1. The molecule has 0 saturated heterocycles. The highest BCUT2D eigenvalue weighted by atomic mass is 16.2. The Bertz CT molecular complexity index is 486. The number of urea groups is 1. The normalized spacial score (nSPS) is 15.1. The van der Waals surface area contributed by atoms with Crippen LogP contribution in [0.15, 0.2) is 18.2 Å². The molecule has 0 radical (unpaired) electrons. The average Bonchev–Trinajstić information content (AvgIpc) is 2.84. The monoisotopic (exact) mass is 244 g/mol. The van der Waals surface area contributed by atoms with Gasteiger partial charge in [-0.25, -0.2) is 4.79 Å². The highest BCUT2D eigenvalue weighted by Gasteiger charge is 2.17. The van der Waals surface area contributed by atoms with Gasteiger partial charge in [0.1, 0.15) is 0 Å². The predicted molar refractivity (Wildman–Crippen MR) is 70.0 cm³/mol. The van der Waals surface area contributed by atoms with E-state index in [1.165, 1.54) is 12.8 Å². The van der Waals surface area contributed by atoms with Gasteiger partial charge in [0.05, 0.1) is 23.0 Å². The lowest BCUT2D eigenvalue weighted by Gasteiger charge is -2.14. The molecule has 94 valence electrons. The van der Waals surface area contributed by atoms with Gasteiger partial charge >= 0.3 is 6.03 Å².